The van der Waals surface area contributed by atoms with E-state index in [2.05, 4.69) is 25.1 Å². The molecule has 6 saturated heterocycles. The summed E-state index contributed by atoms with van der Waals surface area (Å²) >= 11 is 0. The highest BCUT2D eigenvalue weighted by atomic mass is 32.3. The van der Waals surface area contributed by atoms with Crippen molar-refractivity contribution in [1.82, 2.24) is 0 Å². The number of carboxylic acid groups (broad SMARTS) is 3. The minimum atomic E-state index is -6.07. The van der Waals surface area contributed by atoms with Gasteiger partial charge in [0.05, 0.1) is 37.9 Å². The zero-order valence-corrected chi connectivity index (χ0v) is 50.7. The summed E-state index contributed by atoms with van der Waals surface area (Å²) in [5.41, 5.74) is 17.9. The fraction of sp³-hybridized carbons (Fsp3) is 0.917. The van der Waals surface area contributed by atoms with Crippen LogP contribution < -0.4 is 17.2 Å². The number of rotatable bonds is 28. The Labute approximate surface area is 525 Å². The molecule has 30 atom stereocenters. The summed E-state index contributed by atoms with van der Waals surface area (Å²) in [5.74, 6) is -6.71. The maximum Gasteiger partial charge on any atom is 0.397 e. The van der Waals surface area contributed by atoms with Gasteiger partial charge in [0.2, 0.25) is 0 Å². The van der Waals surface area contributed by atoms with Gasteiger partial charge < -0.3 is 125 Å². The molecule has 6 rings (SSSR count). The molecule has 0 bridgehead atoms. The minimum Gasteiger partial charge on any atom is -0.479 e. The summed E-state index contributed by atoms with van der Waals surface area (Å²) in [6.07, 6.45) is -72.1. The Morgan fingerprint density at radius 3 is 0.862 bits per heavy atom. The zero-order valence-electron chi connectivity index (χ0n) is 45.8. The topological polar surface area (TPSA) is 835 Å². The van der Waals surface area contributed by atoms with E-state index in [0.717, 1.165) is 0 Å². The third-order valence-corrected chi connectivity index (χ3v) is 16.5. The summed E-state index contributed by atoms with van der Waals surface area (Å²) < 4.78 is 284. The highest BCUT2D eigenvalue weighted by Crippen LogP contribution is 2.39. The van der Waals surface area contributed by atoms with Crippen molar-refractivity contribution in [1.29, 1.82) is 0 Å². The van der Waals surface area contributed by atoms with E-state index in [-0.39, 0.29) is 0 Å². The van der Waals surface area contributed by atoms with E-state index in [0.29, 0.717) is 0 Å². The van der Waals surface area contributed by atoms with E-state index < -0.39 is 284 Å². The summed E-state index contributed by atoms with van der Waals surface area (Å²) in [6, 6.07) is -6.77. The standard InChI is InChI=1S/C36H59N3O49S6/c37-7-10(40)17(4(75-31(7)53)1-72-89(54,55)56)78-35-24(87-93(66,67)68)15(45)20(26(84-35)29(49)50)81-33-9(39)12(42)19(6(77-33)3-74-91(60,61)62)80-36-25(88-94(69,70)71)16(46)21(27(85-36)30(51)52)82-32-8(38)11(41)18(5(76-32)2-73-90(57,58)59)79-34-23(86-92(63,64)65)14(44)13(43)22(83-34)28(47)48/h4-27,31-36,40-46,53H,1-3,37-39H2,(H,47,48)(H,49,50)(H,51,52)(H,54,55,56)(H,57,58,59)(H,60,61,62)(H,63,64,65)(H,66,67,68)(H,69,70,71)/t4-,5-,6-,7-,8-,9-,10-,11-,12-,13+,14+,15+,16+,17-,18-,19-,20+,21+,22-,23-,24-,25-,26-,27-,31+,32+,33-,34-,35-,36-/m1/s1. The van der Waals surface area contributed by atoms with Crippen LogP contribution in [-0.4, -0.2) is 356 Å². The molecule has 6 heterocycles. The molecular weight excluding hydrogens is 1450 g/mol. The Balaban J connectivity index is 1.30. The number of carboxylic acids is 3. The van der Waals surface area contributed by atoms with Crippen LogP contribution in [0.25, 0.3) is 0 Å². The molecule has 0 unspecified atom stereocenters. The van der Waals surface area contributed by atoms with Gasteiger partial charge in [-0.25, -0.2) is 39.5 Å². The normalized spacial score (nSPS) is 42.4. The van der Waals surface area contributed by atoms with Crippen molar-refractivity contribution >= 4 is 80.3 Å². The van der Waals surface area contributed by atoms with E-state index in [9.17, 15) is 144 Å². The average Bonchev–Trinajstić information content (AvgIpc) is 0.772. The monoisotopic (exact) mass is 1510 g/mol. The predicted molar refractivity (Wildman–Crippen MR) is 269 cm³/mol. The second kappa shape index (κ2) is 30.7. The third-order valence-electron chi connectivity index (χ3n) is 13.8. The number of hydrogen-bond acceptors (Lipinski definition) is 43. The molecule has 0 aromatic rings. The number of hydrogen-bond donors (Lipinski definition) is 20. The maximum absolute atomic E-state index is 13.0. The highest BCUT2D eigenvalue weighted by Gasteiger charge is 2.61. The second-order valence-corrected chi connectivity index (χ2v) is 26.6. The molecule has 0 radical (unpaired) electrons. The van der Waals surface area contributed by atoms with E-state index >= 15 is 0 Å². The molecule has 58 heteroatoms. The quantitative estimate of drug-likeness (QED) is 0.0324. The molecule has 548 valence electrons. The molecule has 0 aliphatic carbocycles. The van der Waals surface area contributed by atoms with Crippen molar-refractivity contribution in [2.24, 2.45) is 17.2 Å². The number of aliphatic hydroxyl groups is 8. The lowest BCUT2D eigenvalue weighted by atomic mass is 9.94. The molecule has 6 fully saturated rings. The van der Waals surface area contributed by atoms with Gasteiger partial charge in [0, 0.05) is 0 Å². The molecule has 23 N–H and O–H groups in total. The van der Waals surface area contributed by atoms with Crippen molar-refractivity contribution in [3.8, 4) is 0 Å². The summed E-state index contributed by atoms with van der Waals surface area (Å²) in [6.45, 7) is -4.76. The first-order valence-electron chi connectivity index (χ1n) is 25.3. The molecule has 0 aromatic heterocycles. The Hall–Kier alpha value is -3.25. The minimum absolute atomic E-state index is 1.40. The predicted octanol–water partition coefficient (Wildman–Crippen LogP) is -15.0. The molecular formula is C36H59N3O49S6. The van der Waals surface area contributed by atoms with Crippen LogP contribution >= 0.6 is 0 Å². The molecule has 0 spiro atoms. The second-order valence-electron chi connectivity index (χ2n) is 20.2. The van der Waals surface area contributed by atoms with Gasteiger partial charge in [-0.15, -0.1) is 0 Å². The Bertz CT molecular complexity index is 3350. The highest BCUT2D eigenvalue weighted by molar-refractivity contribution is 7.82. The Morgan fingerprint density at radius 1 is 0.309 bits per heavy atom. The van der Waals surface area contributed by atoms with Crippen molar-refractivity contribution in [2.75, 3.05) is 19.8 Å². The number of nitrogens with two attached hydrogens (primary N) is 3. The van der Waals surface area contributed by atoms with E-state index in [1.54, 1.807) is 0 Å². The first-order chi connectivity index (χ1) is 42.9. The Morgan fingerprint density at radius 2 is 0.574 bits per heavy atom. The summed E-state index contributed by atoms with van der Waals surface area (Å²) in [5, 5.41) is 119. The van der Waals surface area contributed by atoms with Gasteiger partial charge in [-0.1, -0.05) is 0 Å². The van der Waals surface area contributed by atoms with Crippen LogP contribution in [0.3, 0.4) is 0 Å². The van der Waals surface area contributed by atoms with Gasteiger partial charge in [0.25, 0.3) is 0 Å². The molecule has 6 aliphatic rings. The molecule has 0 aromatic carbocycles. The molecule has 94 heavy (non-hydrogen) atoms. The van der Waals surface area contributed by atoms with Crippen molar-refractivity contribution in [3.63, 3.8) is 0 Å². The number of aliphatic carboxylic acids is 3. The largest absolute Gasteiger partial charge is 0.479 e. The molecule has 6 aliphatic heterocycles. The van der Waals surface area contributed by atoms with Crippen LogP contribution in [0.2, 0.25) is 0 Å². The first-order valence-corrected chi connectivity index (χ1v) is 33.5. The van der Waals surface area contributed by atoms with Gasteiger partial charge >= 0.3 is 80.3 Å². The SMILES string of the molecule is N[C@@H]1[C@@H](O)[C@H](O[C@@H]2O[C@@H](C(=O)O)[C@@H](O[C@H]3O[C@H](COS(=O)(=O)O)[C@@H](O[C@@H]4O[C@@H](C(=O)O)[C@@H](O[C@@H]5O[C@H](COS(=O)(=O)O)[C@@H](O[C@@H]6O[C@@H](C(=O)O)[C@@H](O)[C@H](O)[C@H]6OS(=O)(=O)O)[C@H](O)[C@H]5N)[C@H](O)[C@H]4OS(=O)(=O)O)[C@H](O)[C@H]3N)[C@H](O)[C@H]2OS(=O)(=O)O)[C@@H](COS(=O)(=O)O)O[C@@H]1O. The van der Waals surface area contributed by atoms with Crippen molar-refractivity contribution < 1.29 is 226 Å². The fourth-order valence-electron chi connectivity index (χ4n) is 9.67. The van der Waals surface area contributed by atoms with Crippen LogP contribution in [0.4, 0.5) is 0 Å². The molecule has 0 saturated carbocycles. The number of ether oxygens (including phenoxy) is 11. The van der Waals surface area contributed by atoms with E-state index in [1.165, 1.54) is 0 Å². The van der Waals surface area contributed by atoms with Crippen LogP contribution in [-0.2, 0) is 154 Å². The van der Waals surface area contributed by atoms with Crippen LogP contribution in [0.5, 0.6) is 0 Å². The lowest BCUT2D eigenvalue weighted by Gasteiger charge is -2.50. The van der Waals surface area contributed by atoms with Gasteiger partial charge in [-0.2, -0.15) is 50.5 Å². The van der Waals surface area contributed by atoms with Gasteiger partial charge in [-0.05, 0) is 0 Å². The van der Waals surface area contributed by atoms with Gasteiger partial charge in [0.15, 0.2) is 74.4 Å². The number of aliphatic hydroxyl groups excluding tert-OH is 8. The number of carbonyl (C=O) groups is 3. The van der Waals surface area contributed by atoms with E-state index in [1.807, 2.05) is 0 Å². The van der Waals surface area contributed by atoms with Gasteiger partial charge in [0.1, 0.15) is 91.6 Å². The maximum atomic E-state index is 13.0. The van der Waals surface area contributed by atoms with Gasteiger partial charge in [-0.3, -0.25) is 27.3 Å². The smallest absolute Gasteiger partial charge is 0.397 e. The lowest BCUT2D eigenvalue weighted by Crippen LogP contribution is -2.70. The fourth-order valence-corrected chi connectivity index (χ4v) is 12.0. The Kier molecular flexibility index (Phi) is 26.0. The molecule has 52 nitrogen and oxygen atoms in total. The van der Waals surface area contributed by atoms with Crippen LogP contribution in [0.1, 0.15) is 0 Å². The van der Waals surface area contributed by atoms with E-state index in [4.69, 9.17) is 73.9 Å². The van der Waals surface area contributed by atoms with Crippen LogP contribution in [0.15, 0.2) is 0 Å². The molecule has 0 amide bonds. The summed E-state index contributed by atoms with van der Waals surface area (Å²) in [4.78, 5) is 37.6. The van der Waals surface area contributed by atoms with Crippen molar-refractivity contribution in [3.05, 3.63) is 0 Å². The zero-order chi connectivity index (χ0) is 71.2. The third kappa shape index (κ3) is 20.7. The summed E-state index contributed by atoms with van der Waals surface area (Å²) in [7, 11) is -34.4. The lowest BCUT2D eigenvalue weighted by molar-refractivity contribution is -0.374. The average molecular weight is 1510 g/mol. The first kappa shape index (κ1) is 79.7. The van der Waals surface area contributed by atoms with Crippen molar-refractivity contribution in [2.45, 2.75) is 184 Å². The van der Waals surface area contributed by atoms with Crippen LogP contribution in [0, 0.1) is 0 Å².